The first-order valence-corrected chi connectivity index (χ1v) is 12.2. The number of rotatable bonds is 7. The number of nitrogens with zero attached hydrogens (tertiary/aromatic N) is 4. The molecule has 172 valence electrons. The van der Waals surface area contributed by atoms with Crippen LogP contribution in [0.25, 0.3) is 23.0 Å². The molecular weight excluding hydrogens is 497 g/mol. The number of halogens is 4. The highest BCUT2D eigenvalue weighted by Crippen LogP contribution is 2.39. The second-order valence-electron chi connectivity index (χ2n) is 6.31. The number of ether oxygens (including phenoxy) is 1. The maximum Gasteiger partial charge on any atom is 0.436 e. The fraction of sp³-hybridized carbons (Fsp3) is 0.294. The molecule has 0 aliphatic rings. The van der Waals surface area contributed by atoms with Crippen LogP contribution in [0.3, 0.4) is 0 Å². The van der Waals surface area contributed by atoms with Crippen molar-refractivity contribution in [3.05, 3.63) is 35.0 Å². The van der Waals surface area contributed by atoms with Gasteiger partial charge in [0.15, 0.2) is 15.5 Å². The predicted octanol–water partition coefficient (Wildman–Crippen LogP) is 3.54. The molecule has 0 saturated carbocycles. The lowest BCUT2D eigenvalue weighted by Gasteiger charge is -2.05. The summed E-state index contributed by atoms with van der Waals surface area (Å²) in [6, 6.07) is 5.55. The summed E-state index contributed by atoms with van der Waals surface area (Å²) >= 11 is 7.11. The Balaban J connectivity index is 2.05. The summed E-state index contributed by atoms with van der Waals surface area (Å²) in [5.74, 6) is -1.40. The summed E-state index contributed by atoms with van der Waals surface area (Å²) in [4.78, 5) is 15.9. The predicted molar refractivity (Wildman–Crippen MR) is 109 cm³/mol. The molecule has 2 heterocycles. The molecule has 0 unspecified atom stereocenters. The third-order valence-corrected chi connectivity index (χ3v) is 5.75. The zero-order chi connectivity index (χ0) is 23.7. The minimum atomic E-state index is -4.91. The number of esters is 1. The van der Waals surface area contributed by atoms with Crippen LogP contribution in [0, 0.1) is 0 Å². The van der Waals surface area contributed by atoms with Crippen molar-refractivity contribution < 1.29 is 35.6 Å². The number of carbonyl (C=O) groups excluding carboxylic acids is 1. The van der Waals surface area contributed by atoms with Crippen molar-refractivity contribution in [2.45, 2.75) is 17.6 Å². The van der Waals surface area contributed by atoms with Crippen molar-refractivity contribution in [1.82, 2.24) is 19.9 Å². The Morgan fingerprint density at radius 3 is 2.69 bits per heavy atom. The van der Waals surface area contributed by atoms with E-state index in [2.05, 4.69) is 15.2 Å². The molecule has 1 aromatic carbocycles. The monoisotopic (exact) mass is 510 g/mol. The van der Waals surface area contributed by atoms with Gasteiger partial charge in [-0.1, -0.05) is 22.8 Å². The van der Waals surface area contributed by atoms with Gasteiger partial charge in [-0.25, -0.2) is 13.1 Å². The first-order chi connectivity index (χ1) is 14.9. The minimum absolute atomic E-state index is 0.00166. The SMILES string of the molecule is CSCOC(=O)Cn1nc(C(F)(F)F)c(Cl)c1-c1noc(-c2cccc(S(C)(=O)=O)c2)n1. The molecule has 0 bridgehead atoms. The maximum absolute atomic E-state index is 13.3. The van der Waals surface area contributed by atoms with Crippen LogP contribution in [0.1, 0.15) is 5.69 Å². The number of hydrogen-bond acceptors (Lipinski definition) is 9. The number of carbonyl (C=O) groups is 1. The van der Waals surface area contributed by atoms with Gasteiger partial charge in [0.2, 0.25) is 5.82 Å². The van der Waals surface area contributed by atoms with Crippen molar-refractivity contribution in [2.24, 2.45) is 0 Å². The van der Waals surface area contributed by atoms with Crippen LogP contribution in [-0.4, -0.2) is 52.8 Å². The highest BCUT2D eigenvalue weighted by Gasteiger charge is 2.40. The largest absolute Gasteiger partial charge is 0.453 e. The number of hydrogen-bond donors (Lipinski definition) is 0. The van der Waals surface area contributed by atoms with Gasteiger partial charge in [-0.3, -0.25) is 4.79 Å². The average Bonchev–Trinajstić information content (AvgIpc) is 3.30. The lowest BCUT2D eigenvalue weighted by molar-refractivity contribution is -0.144. The standard InChI is InChI=1S/C17H14ClF3N4O5S2/c1-31-8-29-11(26)7-25-13(12(18)14(23-25)17(19,20)21)15-22-16(30-24-15)9-4-3-5-10(6-9)32(2,27)28/h3-6H,7-8H2,1-2H3. The summed E-state index contributed by atoms with van der Waals surface area (Å²) in [7, 11) is -3.53. The van der Waals surface area contributed by atoms with Crippen LogP contribution in [0.15, 0.2) is 33.7 Å². The first kappa shape index (κ1) is 24.1. The Kier molecular flexibility index (Phi) is 6.86. The van der Waals surface area contributed by atoms with Gasteiger partial charge in [0.1, 0.15) is 23.2 Å². The second kappa shape index (κ2) is 9.11. The molecule has 0 aliphatic heterocycles. The van der Waals surface area contributed by atoms with Crippen LogP contribution >= 0.6 is 23.4 Å². The number of benzene rings is 1. The van der Waals surface area contributed by atoms with Crippen molar-refractivity contribution in [1.29, 1.82) is 0 Å². The molecule has 9 nitrogen and oxygen atoms in total. The molecule has 32 heavy (non-hydrogen) atoms. The molecule has 0 spiro atoms. The number of sulfone groups is 1. The van der Waals surface area contributed by atoms with Gasteiger partial charge in [0.25, 0.3) is 5.89 Å². The first-order valence-electron chi connectivity index (χ1n) is 8.54. The highest BCUT2D eigenvalue weighted by atomic mass is 35.5. The van der Waals surface area contributed by atoms with Crippen LogP contribution < -0.4 is 0 Å². The summed E-state index contributed by atoms with van der Waals surface area (Å²) < 4.78 is 74.1. The molecule has 2 aromatic heterocycles. The van der Waals surface area contributed by atoms with Gasteiger partial charge >= 0.3 is 12.1 Å². The van der Waals surface area contributed by atoms with E-state index in [-0.39, 0.29) is 28.1 Å². The molecule has 0 saturated heterocycles. The highest BCUT2D eigenvalue weighted by molar-refractivity contribution is 7.98. The van der Waals surface area contributed by atoms with E-state index < -0.39 is 44.9 Å². The van der Waals surface area contributed by atoms with E-state index in [1.54, 1.807) is 6.26 Å². The van der Waals surface area contributed by atoms with Gasteiger partial charge in [-0.15, -0.1) is 11.8 Å². The third kappa shape index (κ3) is 5.24. The quantitative estimate of drug-likeness (QED) is 0.347. The Morgan fingerprint density at radius 1 is 1.34 bits per heavy atom. The topological polar surface area (TPSA) is 117 Å². The molecule has 0 atom stereocenters. The van der Waals surface area contributed by atoms with Crippen LogP contribution in [0.5, 0.6) is 0 Å². The molecule has 0 amide bonds. The summed E-state index contributed by atoms with van der Waals surface area (Å²) in [6.07, 6.45) is -2.22. The van der Waals surface area contributed by atoms with Crippen LogP contribution in [0.4, 0.5) is 13.2 Å². The molecule has 3 aromatic rings. The molecule has 0 fully saturated rings. The van der Waals surface area contributed by atoms with Gasteiger partial charge in [-0.05, 0) is 24.5 Å². The Hall–Kier alpha value is -2.58. The molecule has 15 heteroatoms. The van der Waals surface area contributed by atoms with E-state index in [1.165, 1.54) is 36.0 Å². The maximum atomic E-state index is 13.3. The van der Waals surface area contributed by atoms with Crippen LogP contribution in [-0.2, 0) is 32.1 Å². The van der Waals surface area contributed by atoms with Gasteiger partial charge < -0.3 is 9.26 Å². The van der Waals surface area contributed by atoms with E-state index in [1.807, 2.05) is 0 Å². The molecule has 0 N–H and O–H groups in total. The Bertz CT molecular complexity index is 1260. The minimum Gasteiger partial charge on any atom is -0.453 e. The Labute approximate surface area is 188 Å². The summed E-state index contributed by atoms with van der Waals surface area (Å²) in [6.45, 7) is -0.681. The fourth-order valence-electron chi connectivity index (χ4n) is 2.54. The number of alkyl halides is 3. The molecular formula is C17H14ClF3N4O5S2. The summed E-state index contributed by atoms with van der Waals surface area (Å²) in [5, 5.41) is 6.20. The molecule has 0 aliphatic carbocycles. The van der Waals surface area contributed by atoms with Gasteiger partial charge in [0, 0.05) is 11.8 Å². The molecule has 3 rings (SSSR count). The van der Waals surface area contributed by atoms with E-state index in [0.717, 1.165) is 6.26 Å². The van der Waals surface area contributed by atoms with Crippen molar-refractivity contribution >= 4 is 39.2 Å². The van der Waals surface area contributed by atoms with E-state index >= 15 is 0 Å². The van der Waals surface area contributed by atoms with Crippen molar-refractivity contribution in [2.75, 3.05) is 18.5 Å². The van der Waals surface area contributed by atoms with E-state index in [4.69, 9.17) is 20.9 Å². The van der Waals surface area contributed by atoms with E-state index in [0.29, 0.717) is 4.68 Å². The Morgan fingerprint density at radius 2 is 2.06 bits per heavy atom. The normalized spacial score (nSPS) is 12.2. The average molecular weight is 511 g/mol. The zero-order valence-electron chi connectivity index (χ0n) is 16.4. The van der Waals surface area contributed by atoms with E-state index in [9.17, 15) is 26.4 Å². The van der Waals surface area contributed by atoms with Crippen molar-refractivity contribution in [3.8, 4) is 23.0 Å². The third-order valence-electron chi connectivity index (χ3n) is 3.93. The fourth-order valence-corrected chi connectivity index (χ4v) is 3.78. The van der Waals surface area contributed by atoms with Gasteiger partial charge in [0.05, 0.1) is 4.90 Å². The lowest BCUT2D eigenvalue weighted by Crippen LogP contribution is -2.16. The smallest absolute Gasteiger partial charge is 0.436 e. The van der Waals surface area contributed by atoms with Gasteiger partial charge in [-0.2, -0.15) is 23.3 Å². The number of thioether (sulfide) groups is 1. The zero-order valence-corrected chi connectivity index (χ0v) is 18.8. The van der Waals surface area contributed by atoms with Crippen LogP contribution in [0.2, 0.25) is 5.02 Å². The molecule has 0 radical (unpaired) electrons. The summed E-state index contributed by atoms with van der Waals surface area (Å²) in [5.41, 5.74) is -1.63. The van der Waals surface area contributed by atoms with Crippen molar-refractivity contribution in [3.63, 3.8) is 0 Å². The number of aromatic nitrogens is 4. The lowest BCUT2D eigenvalue weighted by atomic mass is 10.2. The second-order valence-corrected chi connectivity index (χ2v) is 9.52.